The van der Waals surface area contributed by atoms with Crippen LogP contribution < -0.4 is 5.32 Å². The van der Waals surface area contributed by atoms with E-state index in [9.17, 15) is 8.42 Å². The third-order valence-corrected chi connectivity index (χ3v) is 4.35. The van der Waals surface area contributed by atoms with Crippen LogP contribution in [0, 0.1) is 0 Å². The second-order valence-corrected chi connectivity index (χ2v) is 6.80. The Balaban J connectivity index is 0.000000257. The summed E-state index contributed by atoms with van der Waals surface area (Å²) in [4.78, 5) is -0.0457. The predicted molar refractivity (Wildman–Crippen MR) is 96.4 cm³/mol. The van der Waals surface area contributed by atoms with Gasteiger partial charge in [-0.2, -0.15) is 8.42 Å². The monoisotopic (exact) mass is 337 g/mol. The summed E-state index contributed by atoms with van der Waals surface area (Å²) in [7, 11) is -4.13. The number of unbranched alkanes of at least 4 members (excludes halogenated alkanes) is 2. The lowest BCUT2D eigenvalue weighted by atomic mass is 10.1. The normalized spacial score (nSPS) is 11.1. The maximum Gasteiger partial charge on any atom is 0.295 e. The Hall–Kier alpha value is -1.43. The topological polar surface area (TPSA) is 66.4 Å². The highest BCUT2D eigenvalue weighted by Gasteiger charge is 2.12. The van der Waals surface area contributed by atoms with Crippen LogP contribution in [0.2, 0.25) is 0 Å². The fraction of sp³-hybridized carbons (Fsp3) is 0.444. The third-order valence-electron chi connectivity index (χ3n) is 3.44. The zero-order valence-electron chi connectivity index (χ0n) is 14.0. The first-order valence-corrected chi connectivity index (χ1v) is 9.60. The summed E-state index contributed by atoms with van der Waals surface area (Å²) in [5.74, 6) is 0. The predicted octanol–water partition coefficient (Wildman–Crippen LogP) is 4.26. The summed E-state index contributed by atoms with van der Waals surface area (Å²) in [6, 6.07) is 11.8. The van der Waals surface area contributed by atoms with E-state index < -0.39 is 10.1 Å². The molecule has 0 heterocycles. The molecule has 23 heavy (non-hydrogen) atoms. The minimum absolute atomic E-state index is 0.0457. The summed E-state index contributed by atoms with van der Waals surface area (Å²) < 4.78 is 31.0. The smallest absolute Gasteiger partial charge is 0.295 e. The fourth-order valence-corrected chi connectivity index (χ4v) is 2.86. The quantitative estimate of drug-likeness (QED) is 0.585. The van der Waals surface area contributed by atoms with Crippen LogP contribution in [0.4, 0.5) is 0 Å². The molecule has 0 saturated carbocycles. The summed E-state index contributed by atoms with van der Waals surface area (Å²) in [6.07, 6.45) is 5.26. The van der Waals surface area contributed by atoms with Gasteiger partial charge in [-0.25, -0.2) is 0 Å². The first kappa shape index (κ1) is 19.6. The highest BCUT2D eigenvalue weighted by Crippen LogP contribution is 2.21. The largest absolute Gasteiger partial charge is 0.317 e. The summed E-state index contributed by atoms with van der Waals surface area (Å²) in [5, 5.41) is 4.72. The van der Waals surface area contributed by atoms with Gasteiger partial charge in [-0.3, -0.25) is 4.55 Å². The van der Waals surface area contributed by atoms with Gasteiger partial charge in [0.05, 0.1) is 0 Å². The van der Waals surface area contributed by atoms with Gasteiger partial charge >= 0.3 is 0 Å². The fourth-order valence-electron chi connectivity index (χ4n) is 2.15. The molecule has 0 saturated heterocycles. The van der Waals surface area contributed by atoms with Crippen molar-refractivity contribution in [3.05, 3.63) is 42.5 Å². The molecule has 4 nitrogen and oxygen atoms in total. The molecular weight excluding hydrogens is 310 g/mol. The van der Waals surface area contributed by atoms with Gasteiger partial charge in [0.25, 0.3) is 10.1 Å². The average Bonchev–Trinajstić information content (AvgIpc) is 2.54. The van der Waals surface area contributed by atoms with E-state index >= 15 is 0 Å². The van der Waals surface area contributed by atoms with Gasteiger partial charge in [-0.15, -0.1) is 0 Å². The zero-order chi connectivity index (χ0) is 17.1. The molecule has 2 aromatic rings. The Morgan fingerprint density at radius 2 is 1.48 bits per heavy atom. The molecule has 0 radical (unpaired) electrons. The maximum atomic E-state index is 11.0. The van der Waals surface area contributed by atoms with E-state index in [1.807, 2.05) is 6.07 Å². The van der Waals surface area contributed by atoms with E-state index in [1.54, 1.807) is 30.3 Å². The van der Waals surface area contributed by atoms with Gasteiger partial charge in [0.1, 0.15) is 4.90 Å². The molecule has 0 atom stereocenters. The van der Waals surface area contributed by atoms with Crippen molar-refractivity contribution in [2.24, 2.45) is 0 Å². The van der Waals surface area contributed by atoms with Gasteiger partial charge in [-0.1, -0.05) is 63.1 Å². The molecule has 0 unspecified atom stereocenters. The van der Waals surface area contributed by atoms with Crippen molar-refractivity contribution in [2.75, 3.05) is 13.1 Å². The summed E-state index contributed by atoms with van der Waals surface area (Å²) >= 11 is 0. The molecule has 0 aliphatic carbocycles. The molecule has 0 spiro atoms. The molecule has 0 fully saturated rings. The van der Waals surface area contributed by atoms with Crippen molar-refractivity contribution in [1.82, 2.24) is 5.32 Å². The third kappa shape index (κ3) is 7.12. The molecule has 2 rings (SSSR count). The molecular formula is C18H27NO3S. The molecule has 0 aromatic heterocycles. The van der Waals surface area contributed by atoms with Crippen LogP contribution in [-0.4, -0.2) is 26.1 Å². The maximum absolute atomic E-state index is 11.0. The minimum atomic E-state index is -4.13. The van der Waals surface area contributed by atoms with Crippen LogP contribution in [0.5, 0.6) is 0 Å². The summed E-state index contributed by atoms with van der Waals surface area (Å²) in [6.45, 7) is 6.86. The van der Waals surface area contributed by atoms with Crippen LogP contribution in [0.25, 0.3) is 10.8 Å². The Morgan fingerprint density at radius 1 is 0.913 bits per heavy atom. The number of rotatable bonds is 7. The highest BCUT2D eigenvalue weighted by atomic mass is 32.2. The van der Waals surface area contributed by atoms with Gasteiger partial charge in [0.2, 0.25) is 0 Å². The van der Waals surface area contributed by atoms with Crippen molar-refractivity contribution < 1.29 is 13.0 Å². The van der Waals surface area contributed by atoms with Crippen molar-refractivity contribution >= 4 is 20.9 Å². The van der Waals surface area contributed by atoms with Crippen molar-refractivity contribution in [3.63, 3.8) is 0 Å². The zero-order valence-corrected chi connectivity index (χ0v) is 14.8. The Kier molecular flexibility index (Phi) is 8.84. The second-order valence-electron chi connectivity index (χ2n) is 5.41. The van der Waals surface area contributed by atoms with Crippen molar-refractivity contribution in [3.8, 4) is 0 Å². The second kappa shape index (κ2) is 10.4. The van der Waals surface area contributed by atoms with E-state index in [1.165, 1.54) is 44.8 Å². The lowest BCUT2D eigenvalue weighted by Gasteiger charge is -2.02. The van der Waals surface area contributed by atoms with Gasteiger partial charge in [-0.05, 0) is 37.4 Å². The van der Waals surface area contributed by atoms with Crippen molar-refractivity contribution in [2.45, 2.75) is 44.4 Å². The van der Waals surface area contributed by atoms with Gasteiger partial charge < -0.3 is 5.32 Å². The van der Waals surface area contributed by atoms with E-state index in [0.717, 1.165) is 5.39 Å². The Morgan fingerprint density at radius 3 is 2.04 bits per heavy atom. The number of hydrogen-bond acceptors (Lipinski definition) is 3. The standard InChI is InChI=1S/C10H8O3S.C8H19N/c11-14(12,13)10-7-3-5-8-4-1-2-6-9(8)10;1-3-5-7-9-8-6-4-2/h1-7H,(H,11,12,13);9H,3-8H2,1-2H3. The molecule has 128 valence electrons. The first-order valence-electron chi connectivity index (χ1n) is 8.16. The molecule has 0 aliphatic heterocycles. The molecule has 0 aliphatic rings. The van der Waals surface area contributed by atoms with E-state index in [0.29, 0.717) is 5.39 Å². The molecule has 2 aromatic carbocycles. The SMILES string of the molecule is CCCCNCCCC.O=S(=O)(O)c1cccc2ccccc12. The highest BCUT2D eigenvalue weighted by molar-refractivity contribution is 7.86. The van der Waals surface area contributed by atoms with Gasteiger partial charge in [0.15, 0.2) is 0 Å². The van der Waals surface area contributed by atoms with Crippen LogP contribution in [0.3, 0.4) is 0 Å². The number of benzene rings is 2. The number of fused-ring (bicyclic) bond motifs is 1. The van der Waals surface area contributed by atoms with E-state index in [2.05, 4.69) is 19.2 Å². The average molecular weight is 337 g/mol. The molecule has 0 amide bonds. The minimum Gasteiger partial charge on any atom is -0.317 e. The Bertz CT molecular complexity index is 672. The molecule has 0 bridgehead atoms. The number of nitrogens with one attached hydrogen (secondary N) is 1. The number of hydrogen-bond donors (Lipinski definition) is 2. The van der Waals surface area contributed by atoms with Crippen molar-refractivity contribution in [1.29, 1.82) is 0 Å². The van der Waals surface area contributed by atoms with E-state index in [4.69, 9.17) is 4.55 Å². The molecule has 2 N–H and O–H groups in total. The van der Waals surface area contributed by atoms with Gasteiger partial charge in [0, 0.05) is 5.39 Å². The lowest BCUT2D eigenvalue weighted by molar-refractivity contribution is 0.484. The Labute approximate surface area is 139 Å². The van der Waals surface area contributed by atoms with E-state index in [-0.39, 0.29) is 4.90 Å². The van der Waals surface area contributed by atoms with Crippen LogP contribution >= 0.6 is 0 Å². The van der Waals surface area contributed by atoms with Crippen LogP contribution in [0.15, 0.2) is 47.4 Å². The van der Waals surface area contributed by atoms with Crippen LogP contribution in [-0.2, 0) is 10.1 Å². The van der Waals surface area contributed by atoms with Crippen LogP contribution in [0.1, 0.15) is 39.5 Å². The molecule has 5 heteroatoms. The summed E-state index contributed by atoms with van der Waals surface area (Å²) in [5.41, 5.74) is 0. The lowest BCUT2D eigenvalue weighted by Crippen LogP contribution is -2.15. The first-order chi connectivity index (χ1) is 11.0.